The van der Waals surface area contributed by atoms with Crippen molar-refractivity contribution in [2.24, 2.45) is 5.73 Å². The van der Waals surface area contributed by atoms with Crippen LogP contribution >= 0.6 is 0 Å². The number of hydrogen-bond donors (Lipinski definition) is 1. The molecule has 0 heterocycles. The molecule has 1 aromatic carbocycles. The van der Waals surface area contributed by atoms with Gasteiger partial charge in [-0.25, -0.2) is 0 Å². The van der Waals surface area contributed by atoms with Crippen molar-refractivity contribution in [3.05, 3.63) is 35.9 Å². The van der Waals surface area contributed by atoms with Crippen LogP contribution in [0.5, 0.6) is 0 Å². The van der Waals surface area contributed by atoms with Gasteiger partial charge in [0.05, 0.1) is 0 Å². The molecule has 4 heteroatoms. The third-order valence-electron chi connectivity index (χ3n) is 2.00. The minimum atomic E-state index is -0.866. The molecule has 1 atom stereocenters. The first-order valence-corrected chi connectivity index (χ1v) is 4.59. The van der Waals surface area contributed by atoms with Gasteiger partial charge in [-0.05, 0) is 12.5 Å². The minimum Gasteiger partial charge on any atom is -0.449 e. The van der Waals surface area contributed by atoms with E-state index in [0.29, 0.717) is 5.56 Å². The molecule has 0 spiro atoms. The number of ketones is 1. The van der Waals surface area contributed by atoms with Crippen molar-refractivity contribution in [3.8, 4) is 0 Å². The Morgan fingerprint density at radius 2 is 1.93 bits per heavy atom. The summed E-state index contributed by atoms with van der Waals surface area (Å²) in [4.78, 5) is 22.8. The van der Waals surface area contributed by atoms with E-state index >= 15 is 0 Å². The normalized spacial score (nSPS) is 11.9. The molecule has 1 unspecified atom stereocenters. The summed E-state index contributed by atoms with van der Waals surface area (Å²) in [5, 5.41) is 0. The maximum Gasteiger partial charge on any atom is 0.322 e. The summed E-state index contributed by atoms with van der Waals surface area (Å²) < 4.78 is 4.64. The molecular weight excluding hydrogens is 194 g/mol. The summed E-state index contributed by atoms with van der Waals surface area (Å²) in [6.07, 6.45) is 0. The number of nitrogens with two attached hydrogens (primary N) is 1. The van der Waals surface area contributed by atoms with Gasteiger partial charge in [-0.1, -0.05) is 30.3 Å². The van der Waals surface area contributed by atoms with Gasteiger partial charge in [0.15, 0.2) is 0 Å². The standard InChI is InChI=1S/C11H13NO3/c1-8(13)10(11(14)15-7-12)9-5-3-2-4-6-9/h2-6,10H,7,12H2,1H3. The Balaban J connectivity index is 2.94. The molecule has 0 aliphatic carbocycles. The first kappa shape index (κ1) is 11.4. The molecule has 4 nitrogen and oxygen atoms in total. The zero-order valence-electron chi connectivity index (χ0n) is 8.47. The van der Waals surface area contributed by atoms with Crippen LogP contribution in [0.25, 0.3) is 0 Å². The molecule has 0 amide bonds. The SMILES string of the molecule is CC(=O)C(C(=O)OCN)c1ccccc1. The van der Waals surface area contributed by atoms with Gasteiger partial charge in [0, 0.05) is 0 Å². The van der Waals surface area contributed by atoms with Crippen LogP contribution < -0.4 is 5.73 Å². The van der Waals surface area contributed by atoms with Crippen molar-refractivity contribution in [3.63, 3.8) is 0 Å². The summed E-state index contributed by atoms with van der Waals surface area (Å²) in [5.74, 6) is -1.72. The number of Topliss-reactive ketones (excluding diaryl/α,β-unsaturated/α-hetero) is 1. The van der Waals surface area contributed by atoms with E-state index in [9.17, 15) is 9.59 Å². The monoisotopic (exact) mass is 207 g/mol. The molecule has 0 fully saturated rings. The van der Waals surface area contributed by atoms with Crippen LogP contribution in [0.2, 0.25) is 0 Å². The van der Waals surface area contributed by atoms with Crippen molar-refractivity contribution in [2.45, 2.75) is 12.8 Å². The van der Waals surface area contributed by atoms with E-state index in [1.807, 2.05) is 6.07 Å². The van der Waals surface area contributed by atoms with Crippen molar-refractivity contribution < 1.29 is 14.3 Å². The Morgan fingerprint density at radius 3 is 2.40 bits per heavy atom. The zero-order chi connectivity index (χ0) is 11.3. The van der Waals surface area contributed by atoms with Crippen molar-refractivity contribution in [1.82, 2.24) is 0 Å². The van der Waals surface area contributed by atoms with E-state index in [0.717, 1.165) is 0 Å². The van der Waals surface area contributed by atoms with Gasteiger partial charge >= 0.3 is 5.97 Å². The van der Waals surface area contributed by atoms with Crippen LogP contribution in [0.4, 0.5) is 0 Å². The van der Waals surface area contributed by atoms with Gasteiger partial charge in [-0.3, -0.25) is 15.3 Å². The lowest BCUT2D eigenvalue weighted by Crippen LogP contribution is -2.24. The molecule has 0 radical (unpaired) electrons. The molecule has 0 aliphatic rings. The average molecular weight is 207 g/mol. The molecule has 1 aromatic rings. The lowest BCUT2D eigenvalue weighted by Gasteiger charge is -2.12. The van der Waals surface area contributed by atoms with E-state index in [1.165, 1.54) is 6.92 Å². The first-order chi connectivity index (χ1) is 7.16. The Labute approximate surface area is 88.0 Å². The fourth-order valence-corrected chi connectivity index (χ4v) is 1.35. The first-order valence-electron chi connectivity index (χ1n) is 4.59. The fourth-order valence-electron chi connectivity index (χ4n) is 1.35. The van der Waals surface area contributed by atoms with E-state index < -0.39 is 11.9 Å². The van der Waals surface area contributed by atoms with Gasteiger partial charge in [0.1, 0.15) is 18.4 Å². The summed E-state index contributed by atoms with van der Waals surface area (Å²) in [6.45, 7) is 1.14. The molecule has 0 saturated carbocycles. The van der Waals surface area contributed by atoms with Crippen molar-refractivity contribution in [2.75, 3.05) is 6.73 Å². The lowest BCUT2D eigenvalue weighted by molar-refractivity contribution is -0.147. The summed E-state index contributed by atoms with van der Waals surface area (Å²) >= 11 is 0. The van der Waals surface area contributed by atoms with E-state index in [2.05, 4.69) is 4.74 Å². The maximum atomic E-state index is 11.5. The molecule has 0 aliphatic heterocycles. The molecule has 15 heavy (non-hydrogen) atoms. The average Bonchev–Trinajstić information content (AvgIpc) is 2.19. The van der Waals surface area contributed by atoms with E-state index in [1.54, 1.807) is 24.3 Å². The van der Waals surface area contributed by atoms with Gasteiger partial charge in [0.2, 0.25) is 0 Å². The fraction of sp³-hybridized carbons (Fsp3) is 0.273. The number of benzene rings is 1. The number of rotatable bonds is 4. The Hall–Kier alpha value is -1.68. The number of carbonyl (C=O) groups excluding carboxylic acids is 2. The van der Waals surface area contributed by atoms with Crippen LogP contribution in [-0.4, -0.2) is 18.5 Å². The second-order valence-electron chi connectivity index (χ2n) is 3.08. The molecule has 2 N–H and O–H groups in total. The minimum absolute atomic E-state index is 0.213. The van der Waals surface area contributed by atoms with Crippen LogP contribution in [-0.2, 0) is 14.3 Å². The maximum absolute atomic E-state index is 11.5. The predicted molar refractivity (Wildman–Crippen MR) is 55.0 cm³/mol. The second-order valence-corrected chi connectivity index (χ2v) is 3.08. The summed E-state index contributed by atoms with van der Waals surface area (Å²) in [5.41, 5.74) is 5.72. The Morgan fingerprint density at radius 1 is 1.33 bits per heavy atom. The number of esters is 1. The Kier molecular flexibility index (Phi) is 4.00. The third-order valence-corrected chi connectivity index (χ3v) is 2.00. The number of ether oxygens (including phenoxy) is 1. The topological polar surface area (TPSA) is 69.4 Å². The van der Waals surface area contributed by atoms with Crippen LogP contribution in [0.1, 0.15) is 18.4 Å². The highest BCUT2D eigenvalue weighted by atomic mass is 16.5. The van der Waals surface area contributed by atoms with Gasteiger partial charge < -0.3 is 4.74 Å². The van der Waals surface area contributed by atoms with Crippen LogP contribution in [0, 0.1) is 0 Å². The van der Waals surface area contributed by atoms with Gasteiger partial charge in [-0.2, -0.15) is 0 Å². The van der Waals surface area contributed by atoms with Crippen molar-refractivity contribution >= 4 is 11.8 Å². The highest BCUT2D eigenvalue weighted by Gasteiger charge is 2.26. The highest BCUT2D eigenvalue weighted by Crippen LogP contribution is 2.17. The largest absolute Gasteiger partial charge is 0.449 e. The summed E-state index contributed by atoms with van der Waals surface area (Å²) in [6, 6.07) is 8.77. The molecule has 80 valence electrons. The molecule has 0 saturated heterocycles. The number of carbonyl (C=O) groups is 2. The third kappa shape index (κ3) is 2.89. The quantitative estimate of drug-likeness (QED) is 0.451. The molecule has 0 bridgehead atoms. The van der Waals surface area contributed by atoms with Crippen LogP contribution in [0.3, 0.4) is 0 Å². The zero-order valence-corrected chi connectivity index (χ0v) is 8.47. The van der Waals surface area contributed by atoms with Gasteiger partial charge in [0.25, 0.3) is 0 Å². The smallest absolute Gasteiger partial charge is 0.322 e. The highest BCUT2D eigenvalue weighted by molar-refractivity contribution is 6.03. The number of hydrogen-bond acceptors (Lipinski definition) is 4. The van der Waals surface area contributed by atoms with Crippen molar-refractivity contribution in [1.29, 1.82) is 0 Å². The molecule has 0 aromatic heterocycles. The van der Waals surface area contributed by atoms with E-state index in [-0.39, 0.29) is 12.5 Å². The predicted octanol–water partition coefficient (Wildman–Crippen LogP) is 0.819. The molecule has 1 rings (SSSR count). The Bertz CT molecular complexity index is 348. The lowest BCUT2D eigenvalue weighted by atomic mass is 9.96. The second kappa shape index (κ2) is 5.26. The van der Waals surface area contributed by atoms with Crippen LogP contribution in [0.15, 0.2) is 30.3 Å². The molecular formula is C11H13NO3. The van der Waals surface area contributed by atoms with Gasteiger partial charge in [-0.15, -0.1) is 0 Å². The summed E-state index contributed by atoms with van der Waals surface area (Å²) in [7, 11) is 0. The van der Waals surface area contributed by atoms with E-state index in [4.69, 9.17) is 5.73 Å².